The van der Waals surface area contributed by atoms with Crippen LogP contribution in [0.25, 0.3) is 0 Å². The molecular formula is C96H96F18N12O13S2. The number of likely N-dealkylation sites (tertiary alicyclic amines) is 4. The lowest BCUT2D eigenvalue weighted by atomic mass is 9.78. The number of thiophene rings is 1. The van der Waals surface area contributed by atoms with Gasteiger partial charge in [0, 0.05) is 151 Å². The van der Waals surface area contributed by atoms with Crippen LogP contribution < -0.4 is 33.5 Å². The monoisotopic (exact) mass is 2030 g/mol. The van der Waals surface area contributed by atoms with Crippen molar-refractivity contribution in [1.29, 1.82) is 0 Å². The number of thiazole rings is 1. The van der Waals surface area contributed by atoms with Crippen LogP contribution in [0.15, 0.2) is 182 Å². The van der Waals surface area contributed by atoms with Gasteiger partial charge in [-0.1, -0.05) is 69.9 Å². The SMILES string of the molecule is CCC[C@H]1N(C(=O)c2cnccc2C(F)(F)F)CCC[C@@]1(Oc1ccc(C(F)(F)F)cc1)C(=O)N1CCN(c2nccs2)CC1.CCC[C@H]1N(C(=O)c2cnccc2C(F)(F)F)CCC[C@@]1(Oc1csc(C(F)(F)F)c1)C(=O)N1CCN(c2ccccc2OCC(=O)O)CC1.O=C(c1cnccc1C(F)(F)F)N1CCC[C@@](Oc2ccc(C(F)(F)F)cc2)(C(=O)N2CC(Oc3ccccc3)C2)[C@H]1CC1CC1. The molecule has 7 fully saturated rings. The van der Waals surface area contributed by atoms with E-state index >= 15 is 0 Å². The zero-order valence-corrected chi connectivity index (χ0v) is 77.3. The smallest absolute Gasteiger partial charge is 0.425 e. The number of carbonyl (C=O) groups excluding carboxylic acids is 6. The minimum Gasteiger partial charge on any atom is -0.487 e. The number of piperidine rings is 3. The topological polar surface area (TPSA) is 263 Å². The fraction of sp³-hybridized carbons (Fsp3) is 0.448. The molecule has 1 saturated carbocycles. The standard InChI is InChI=1S/C33H34F6N4O6S.C33H31F6N3O4.C30H31F6N5O3S/c1-2-6-26-31(49-21-17-27(50-20-21)33(37,38)39,10-5-12-43(26)29(46)22-18-40-11-9-23(22)32(34,35)36)30(47)42-15-13-41(14-16-42)24-7-3-4-8-25(24)48-19-28(44)45;34-32(35,36)22-9-11-24(12-10-22)46-31(30(44)41-19-25(20-41)45-23-5-2-1-3-6-23)14-4-16-42(28(31)17-21-7-8-21)29(43)26-18-40-15-13-27(26)33(37,38)39;1-2-4-24-28(44-21-7-5-20(6-8-21)29(31,32)33,26(43)39-14-16-40(17-15-39)27-38-12-18-45-27)10-3-13-41(24)25(42)22-19-37-11-9-23(22)30(34,35)36/h3-4,7-9,11,17-18,20,26H,2,5-6,10,12-16,19H2,1H3,(H,44,45);1-3,5-6,9-13,15,18,21,25,28H,4,7-8,14,16-17,19-20H2;5-9,11-12,18-19,24H,2-4,10,13-17H2,1H3/t26-,31+;28-,31+;24-,28+/m111/s1. The van der Waals surface area contributed by atoms with Gasteiger partial charge in [-0.05, 0) is 135 Å². The molecule has 11 heterocycles. The number of carboxylic acids is 1. The lowest BCUT2D eigenvalue weighted by Crippen LogP contribution is -2.71. The summed E-state index contributed by atoms with van der Waals surface area (Å²) < 4.78 is 277. The molecule has 45 heteroatoms. The molecule has 16 rings (SSSR count). The molecule has 141 heavy (non-hydrogen) atoms. The molecule has 6 aliphatic heterocycles. The first-order valence-corrected chi connectivity index (χ1v) is 47.1. The summed E-state index contributed by atoms with van der Waals surface area (Å²) in [6, 6.07) is 23.4. The molecule has 5 aromatic heterocycles. The fourth-order valence-corrected chi connectivity index (χ4v) is 20.2. The molecule has 6 saturated heterocycles. The molecule has 4 aromatic carbocycles. The summed E-state index contributed by atoms with van der Waals surface area (Å²) in [5.41, 5.74) is -12.2. The highest BCUT2D eigenvalue weighted by Gasteiger charge is 2.62. The number of aromatic nitrogens is 4. The van der Waals surface area contributed by atoms with Gasteiger partial charge in [-0.2, -0.15) is 79.0 Å². The van der Waals surface area contributed by atoms with E-state index in [1.807, 2.05) is 40.3 Å². The van der Waals surface area contributed by atoms with E-state index in [4.69, 9.17) is 28.8 Å². The van der Waals surface area contributed by atoms with E-state index in [1.165, 1.54) is 35.8 Å². The number of aliphatic carboxylic acids is 1. The van der Waals surface area contributed by atoms with Gasteiger partial charge in [-0.15, -0.1) is 22.7 Å². The molecule has 0 radical (unpaired) electrons. The molecule has 1 N–H and O–H groups in total. The molecule has 25 nitrogen and oxygen atoms in total. The second kappa shape index (κ2) is 43.0. The van der Waals surface area contributed by atoms with Crippen molar-refractivity contribution in [3.8, 4) is 28.7 Å². The number of pyridine rings is 3. The van der Waals surface area contributed by atoms with Crippen molar-refractivity contribution in [3.05, 3.63) is 231 Å². The average Bonchev–Trinajstić information content (AvgIpc) is 1.60. The van der Waals surface area contributed by atoms with Crippen LogP contribution in [-0.2, 0) is 56.2 Å². The predicted octanol–water partition coefficient (Wildman–Crippen LogP) is 19.0. The number of benzene rings is 4. The lowest BCUT2D eigenvalue weighted by molar-refractivity contribution is -0.168. The number of rotatable bonds is 25. The molecule has 9 aromatic rings. The minimum atomic E-state index is -4.88. The normalized spacial score (nSPS) is 21.1. The number of hydrogen-bond acceptors (Lipinski definition) is 20. The fourth-order valence-electron chi connectivity index (χ4n) is 18.8. The maximum absolute atomic E-state index is 14.7. The number of piperazine rings is 2. The number of para-hydroxylation sites is 3. The highest BCUT2D eigenvalue weighted by molar-refractivity contribution is 7.13. The Morgan fingerprint density at radius 1 is 0.433 bits per heavy atom. The van der Waals surface area contributed by atoms with Crippen molar-refractivity contribution < 1.29 is 141 Å². The molecule has 1 aliphatic carbocycles. The summed E-state index contributed by atoms with van der Waals surface area (Å²) in [6.45, 7) is 5.71. The summed E-state index contributed by atoms with van der Waals surface area (Å²) in [4.78, 5) is 124. The molecule has 0 spiro atoms. The zero-order chi connectivity index (χ0) is 101. The highest BCUT2D eigenvalue weighted by atomic mass is 32.1. The number of nitrogens with zero attached hydrogens (tertiary/aromatic N) is 12. The van der Waals surface area contributed by atoms with Gasteiger partial charge >= 0.3 is 43.0 Å². The summed E-state index contributed by atoms with van der Waals surface area (Å²) in [5, 5.41) is 12.8. The van der Waals surface area contributed by atoms with Crippen LogP contribution in [0.1, 0.15) is 161 Å². The molecule has 0 unspecified atom stereocenters. The summed E-state index contributed by atoms with van der Waals surface area (Å²) in [6.07, 6.45) is -18.0. The van der Waals surface area contributed by atoms with Crippen molar-refractivity contribution in [2.45, 2.75) is 175 Å². The van der Waals surface area contributed by atoms with E-state index in [0.29, 0.717) is 60.5 Å². The van der Waals surface area contributed by atoms with Gasteiger partial charge in [-0.25, -0.2) is 9.78 Å². The third-order valence-electron chi connectivity index (χ3n) is 25.6. The maximum atomic E-state index is 14.7. The van der Waals surface area contributed by atoms with Crippen LogP contribution >= 0.6 is 22.7 Å². The number of halogens is 18. The number of alkyl halides is 18. The van der Waals surface area contributed by atoms with Gasteiger partial charge in [0.1, 0.15) is 39.7 Å². The van der Waals surface area contributed by atoms with Crippen LogP contribution in [0.5, 0.6) is 28.7 Å². The van der Waals surface area contributed by atoms with E-state index in [9.17, 15) is 113 Å². The van der Waals surface area contributed by atoms with E-state index in [-0.39, 0.29) is 159 Å². The summed E-state index contributed by atoms with van der Waals surface area (Å²) >= 11 is 1.83. The Morgan fingerprint density at radius 2 is 0.844 bits per heavy atom. The van der Waals surface area contributed by atoms with E-state index < -0.39 is 169 Å². The van der Waals surface area contributed by atoms with Crippen molar-refractivity contribution in [2.75, 3.05) is 101 Å². The average molecular weight is 2030 g/mol. The number of carbonyl (C=O) groups is 7. The summed E-state index contributed by atoms with van der Waals surface area (Å²) in [5.74, 6) is -4.88. The third kappa shape index (κ3) is 23.9. The Labute approximate surface area is 804 Å². The highest BCUT2D eigenvalue weighted by Crippen LogP contribution is 2.50. The van der Waals surface area contributed by atoms with Crippen LogP contribution in [0.3, 0.4) is 0 Å². The molecule has 756 valence electrons. The first-order chi connectivity index (χ1) is 66.8. The Kier molecular flexibility index (Phi) is 31.8. The second-order valence-corrected chi connectivity index (χ2v) is 36.6. The lowest BCUT2D eigenvalue weighted by Gasteiger charge is -2.52. The Hall–Kier alpha value is -12.7. The number of ether oxygens (including phenoxy) is 5. The zero-order valence-electron chi connectivity index (χ0n) is 75.6. The van der Waals surface area contributed by atoms with Gasteiger partial charge in [0.2, 0.25) is 16.8 Å². The largest absolute Gasteiger partial charge is 0.487 e. The van der Waals surface area contributed by atoms with Gasteiger partial charge in [0.05, 0.1) is 81.4 Å². The third-order valence-corrected chi connectivity index (χ3v) is 27.4. The van der Waals surface area contributed by atoms with Gasteiger partial charge in [0.15, 0.2) is 11.7 Å². The van der Waals surface area contributed by atoms with Crippen LogP contribution in [0, 0.1) is 5.92 Å². The number of hydrogen-bond donors (Lipinski definition) is 1. The van der Waals surface area contributed by atoms with Crippen LogP contribution in [-0.4, -0.2) is 229 Å². The number of carboxylic acid groups (broad SMARTS) is 1. The molecule has 6 amide bonds. The van der Waals surface area contributed by atoms with Crippen molar-refractivity contribution >= 4 is 74.9 Å². The Bertz CT molecular complexity index is 5840. The summed E-state index contributed by atoms with van der Waals surface area (Å²) in [7, 11) is 0. The van der Waals surface area contributed by atoms with E-state index in [1.54, 1.807) is 54.4 Å². The Balaban J connectivity index is 0.000000168. The van der Waals surface area contributed by atoms with Crippen molar-refractivity contribution in [3.63, 3.8) is 0 Å². The first-order valence-electron chi connectivity index (χ1n) is 45.3. The second-order valence-electron chi connectivity index (χ2n) is 34.8. The molecule has 0 bridgehead atoms. The molecule has 7 aliphatic rings. The van der Waals surface area contributed by atoms with Gasteiger partial charge in [-0.3, -0.25) is 43.7 Å². The van der Waals surface area contributed by atoms with Gasteiger partial charge in [0.25, 0.3) is 35.4 Å². The molecular weight excluding hydrogens is 1940 g/mol. The number of amides is 6. The quantitative estimate of drug-likeness (QED) is 0.0521. The van der Waals surface area contributed by atoms with Gasteiger partial charge < -0.3 is 68.0 Å². The Morgan fingerprint density at radius 3 is 1.24 bits per heavy atom. The van der Waals surface area contributed by atoms with E-state index in [0.717, 1.165) is 127 Å². The first kappa shape index (κ1) is 104. The predicted molar refractivity (Wildman–Crippen MR) is 476 cm³/mol. The maximum Gasteiger partial charge on any atom is 0.425 e. The van der Waals surface area contributed by atoms with Crippen molar-refractivity contribution in [2.24, 2.45) is 5.92 Å². The number of anilines is 2. The molecule has 6 atom stereocenters. The van der Waals surface area contributed by atoms with Crippen LogP contribution in [0.2, 0.25) is 0 Å². The minimum absolute atomic E-state index is 0.0112. The van der Waals surface area contributed by atoms with Crippen molar-refractivity contribution in [1.82, 2.24) is 49.3 Å². The van der Waals surface area contributed by atoms with E-state index in [2.05, 4.69) is 19.9 Å². The van der Waals surface area contributed by atoms with Crippen LogP contribution in [0.4, 0.5) is 89.8 Å².